The number of amides is 2. The zero-order valence-corrected chi connectivity index (χ0v) is 22.1. The lowest BCUT2D eigenvalue weighted by Gasteiger charge is -2.31. The Bertz CT molecular complexity index is 1140. The van der Waals surface area contributed by atoms with Gasteiger partial charge in [-0.2, -0.15) is 0 Å². The molecule has 0 aliphatic heterocycles. The Balaban J connectivity index is 1.30. The van der Waals surface area contributed by atoms with E-state index in [4.69, 9.17) is 4.98 Å². The summed E-state index contributed by atoms with van der Waals surface area (Å²) in [7, 11) is 1.96. The Kier molecular flexibility index (Phi) is 8.96. The predicted molar refractivity (Wildman–Crippen MR) is 143 cm³/mol. The van der Waals surface area contributed by atoms with Gasteiger partial charge in [0.15, 0.2) is 0 Å². The van der Waals surface area contributed by atoms with Crippen LogP contribution in [0, 0.1) is 0 Å². The highest BCUT2D eigenvalue weighted by Crippen LogP contribution is 2.23. The van der Waals surface area contributed by atoms with Crippen molar-refractivity contribution in [1.82, 2.24) is 19.8 Å². The molecule has 1 aromatic heterocycles. The minimum absolute atomic E-state index is 0.0418. The van der Waals surface area contributed by atoms with E-state index in [1.54, 1.807) is 0 Å². The van der Waals surface area contributed by atoms with E-state index in [2.05, 4.69) is 31.9 Å². The van der Waals surface area contributed by atoms with Crippen molar-refractivity contribution in [2.75, 3.05) is 13.6 Å². The maximum atomic E-state index is 13.2. The molecule has 1 heterocycles. The highest BCUT2D eigenvalue weighted by atomic mass is 79.9. The molecular weight excluding hydrogens is 504 g/mol. The number of nitrogens with one attached hydrogen (secondary N) is 1. The maximum absolute atomic E-state index is 13.2. The first-order valence-electron chi connectivity index (χ1n) is 12.8. The largest absolute Gasteiger partial charge is 0.352 e. The van der Waals surface area contributed by atoms with Crippen molar-refractivity contribution in [2.24, 2.45) is 0 Å². The van der Waals surface area contributed by atoms with Crippen molar-refractivity contribution in [1.29, 1.82) is 0 Å². The Hall–Kier alpha value is -2.67. The van der Waals surface area contributed by atoms with Crippen molar-refractivity contribution in [3.05, 3.63) is 64.4 Å². The van der Waals surface area contributed by atoms with Crippen LogP contribution in [0.15, 0.2) is 53.0 Å². The van der Waals surface area contributed by atoms with Crippen molar-refractivity contribution in [2.45, 2.75) is 70.4 Å². The number of halogens is 1. The third-order valence-corrected chi connectivity index (χ3v) is 7.54. The van der Waals surface area contributed by atoms with Gasteiger partial charge in [-0.1, -0.05) is 53.7 Å². The fourth-order valence-corrected chi connectivity index (χ4v) is 5.17. The third kappa shape index (κ3) is 6.72. The number of imidazole rings is 1. The molecule has 1 aliphatic carbocycles. The van der Waals surface area contributed by atoms with Crippen molar-refractivity contribution < 1.29 is 9.59 Å². The molecule has 3 aromatic rings. The number of carbonyl (C=O) groups is 2. The van der Waals surface area contributed by atoms with Crippen LogP contribution in [0.2, 0.25) is 0 Å². The highest BCUT2D eigenvalue weighted by molar-refractivity contribution is 9.10. The first kappa shape index (κ1) is 25.4. The van der Waals surface area contributed by atoms with Gasteiger partial charge in [-0.15, -0.1) is 0 Å². The quantitative estimate of drug-likeness (QED) is 0.335. The number of nitrogens with zero attached hydrogens (tertiary/aromatic N) is 3. The minimum Gasteiger partial charge on any atom is -0.352 e. The van der Waals surface area contributed by atoms with Crippen molar-refractivity contribution >= 4 is 38.8 Å². The molecule has 0 atom stereocenters. The maximum Gasteiger partial charge on any atom is 0.251 e. The molecule has 7 heteroatoms. The van der Waals surface area contributed by atoms with Crippen LogP contribution in [0.3, 0.4) is 0 Å². The summed E-state index contributed by atoms with van der Waals surface area (Å²) in [6, 6.07) is 15.8. The van der Waals surface area contributed by atoms with Gasteiger partial charge >= 0.3 is 0 Å². The number of benzene rings is 2. The lowest BCUT2D eigenvalue weighted by atomic mass is 9.94. The van der Waals surface area contributed by atoms with E-state index in [9.17, 15) is 9.59 Å². The molecule has 0 radical (unpaired) electrons. The number of unbranched alkanes of at least 4 members (excludes halogenated alkanes) is 2. The van der Waals surface area contributed by atoms with Gasteiger partial charge in [0.2, 0.25) is 5.91 Å². The van der Waals surface area contributed by atoms with Gasteiger partial charge < -0.3 is 14.8 Å². The molecule has 2 aromatic carbocycles. The molecule has 4 rings (SSSR count). The molecular formula is C28H35BrN4O2. The number of hydrogen-bond acceptors (Lipinski definition) is 3. The van der Waals surface area contributed by atoms with Crippen LogP contribution in [-0.4, -0.2) is 45.9 Å². The lowest BCUT2D eigenvalue weighted by Crippen LogP contribution is -2.40. The molecule has 2 amide bonds. The smallest absolute Gasteiger partial charge is 0.251 e. The average Bonchev–Trinajstić information content (AvgIpc) is 3.23. The second-order valence-corrected chi connectivity index (χ2v) is 10.4. The molecule has 6 nitrogen and oxygen atoms in total. The molecule has 35 heavy (non-hydrogen) atoms. The van der Waals surface area contributed by atoms with Crippen molar-refractivity contribution in [3.63, 3.8) is 0 Å². The number of fused-ring (bicyclic) bond motifs is 1. The summed E-state index contributed by atoms with van der Waals surface area (Å²) < 4.78 is 3.06. The molecule has 1 aliphatic rings. The number of para-hydroxylation sites is 2. The van der Waals surface area contributed by atoms with Gasteiger partial charge in [0.25, 0.3) is 5.91 Å². The first-order valence-corrected chi connectivity index (χ1v) is 13.6. The fourth-order valence-electron chi connectivity index (χ4n) is 4.90. The van der Waals surface area contributed by atoms with Crippen LogP contribution in [0.4, 0.5) is 0 Å². The van der Waals surface area contributed by atoms with Gasteiger partial charge in [-0.05, 0) is 62.1 Å². The second kappa shape index (κ2) is 12.3. The molecule has 1 saturated carbocycles. The summed E-state index contributed by atoms with van der Waals surface area (Å²) in [5.74, 6) is 1.09. The Labute approximate surface area is 216 Å². The third-order valence-electron chi connectivity index (χ3n) is 7.01. The van der Waals surface area contributed by atoms with Gasteiger partial charge in [0.1, 0.15) is 12.4 Å². The molecule has 1 fully saturated rings. The van der Waals surface area contributed by atoms with Crippen LogP contribution < -0.4 is 5.32 Å². The summed E-state index contributed by atoms with van der Waals surface area (Å²) in [5, 5.41) is 2.99. The highest BCUT2D eigenvalue weighted by Gasteiger charge is 2.23. The number of rotatable bonds is 10. The van der Waals surface area contributed by atoms with Crippen molar-refractivity contribution in [3.8, 4) is 0 Å². The Morgan fingerprint density at radius 1 is 1.03 bits per heavy atom. The van der Waals surface area contributed by atoms with E-state index < -0.39 is 0 Å². The number of hydrogen-bond donors (Lipinski definition) is 1. The van der Waals surface area contributed by atoms with E-state index in [0.29, 0.717) is 24.7 Å². The zero-order chi connectivity index (χ0) is 24.6. The molecule has 0 bridgehead atoms. The zero-order valence-electron chi connectivity index (χ0n) is 20.5. The molecule has 1 N–H and O–H groups in total. The molecule has 0 unspecified atom stereocenters. The number of likely N-dealkylation sites (N-methyl/N-ethyl adjacent to an activating group) is 1. The van der Waals surface area contributed by atoms with Crippen LogP contribution in [0.25, 0.3) is 11.0 Å². The summed E-state index contributed by atoms with van der Waals surface area (Å²) in [5.41, 5.74) is 2.64. The topological polar surface area (TPSA) is 67.2 Å². The van der Waals surface area contributed by atoms with E-state index in [1.165, 1.54) is 19.3 Å². The Morgan fingerprint density at radius 2 is 1.77 bits per heavy atom. The monoisotopic (exact) mass is 538 g/mol. The standard InChI is InChI=1S/C28H35BrN4O2/c1-32(23-10-4-2-5-11-23)27(34)20-33-25-13-8-7-12-24(25)31-26(33)14-6-3-9-19-30-28(35)21-15-17-22(29)18-16-21/h7-8,12-13,15-18,23H,2-6,9-11,14,19-20H2,1H3,(H,30,35). The Morgan fingerprint density at radius 3 is 2.54 bits per heavy atom. The summed E-state index contributed by atoms with van der Waals surface area (Å²) >= 11 is 3.39. The lowest BCUT2D eigenvalue weighted by molar-refractivity contribution is -0.133. The van der Waals surface area contributed by atoms with E-state index in [1.807, 2.05) is 54.4 Å². The molecule has 0 spiro atoms. The summed E-state index contributed by atoms with van der Waals surface area (Å²) in [4.78, 5) is 32.2. The minimum atomic E-state index is -0.0418. The van der Waals surface area contributed by atoms with Crippen LogP contribution in [0.1, 0.15) is 67.5 Å². The summed E-state index contributed by atoms with van der Waals surface area (Å²) in [6.45, 7) is 0.988. The molecule has 186 valence electrons. The van der Waals surface area contributed by atoms with Gasteiger partial charge in [-0.25, -0.2) is 4.98 Å². The summed E-state index contributed by atoms with van der Waals surface area (Å²) in [6.07, 6.45) is 9.60. The van der Waals surface area contributed by atoms with E-state index in [0.717, 1.165) is 59.9 Å². The normalized spacial score (nSPS) is 14.2. The van der Waals surface area contributed by atoms with Gasteiger partial charge in [-0.3, -0.25) is 9.59 Å². The predicted octanol–water partition coefficient (Wildman–Crippen LogP) is 5.73. The number of aromatic nitrogens is 2. The fraction of sp³-hybridized carbons (Fsp3) is 0.464. The average molecular weight is 540 g/mol. The van der Waals surface area contributed by atoms with Crippen LogP contribution >= 0.6 is 15.9 Å². The second-order valence-electron chi connectivity index (χ2n) is 9.47. The molecule has 0 saturated heterocycles. The van der Waals surface area contributed by atoms with Gasteiger partial charge in [0, 0.05) is 36.1 Å². The number of carbonyl (C=O) groups excluding carboxylic acids is 2. The first-order chi connectivity index (χ1) is 17.0. The van der Waals surface area contributed by atoms with Gasteiger partial charge in [0.05, 0.1) is 11.0 Å². The van der Waals surface area contributed by atoms with Crippen LogP contribution in [0.5, 0.6) is 0 Å². The van der Waals surface area contributed by atoms with E-state index in [-0.39, 0.29) is 11.8 Å². The van der Waals surface area contributed by atoms with E-state index >= 15 is 0 Å². The van der Waals surface area contributed by atoms with Crippen LogP contribution in [-0.2, 0) is 17.8 Å². The number of aryl methyl sites for hydroxylation is 1. The SMILES string of the molecule is CN(C(=O)Cn1c(CCCCCNC(=O)c2ccc(Br)cc2)nc2ccccc21)C1CCCCC1.